The van der Waals surface area contributed by atoms with Gasteiger partial charge in [-0.3, -0.25) is 9.36 Å². The summed E-state index contributed by atoms with van der Waals surface area (Å²) in [6.45, 7) is 8.99. The fourth-order valence-electron chi connectivity index (χ4n) is 2.01. The molecule has 3 N–H and O–H groups in total. The van der Waals surface area contributed by atoms with Crippen molar-refractivity contribution in [2.24, 2.45) is 16.7 Å². The lowest BCUT2D eigenvalue weighted by molar-refractivity contribution is -0.152. The molecule has 0 aliphatic rings. The highest BCUT2D eigenvalue weighted by Gasteiger charge is 2.45. The van der Waals surface area contributed by atoms with Crippen LogP contribution in [0.4, 0.5) is 0 Å². The normalized spacial score (nSPS) is 17.7. The first-order valence-electron chi connectivity index (χ1n) is 6.72. The summed E-state index contributed by atoms with van der Waals surface area (Å²) in [5.74, 6) is -0.856. The number of carbonyl (C=O) groups is 1. The van der Waals surface area contributed by atoms with Crippen LogP contribution in [0, 0.1) is 16.7 Å². The van der Waals surface area contributed by atoms with E-state index in [9.17, 15) is 18.8 Å². The molecule has 0 saturated carbocycles. The molecule has 2 unspecified atom stereocenters. The molecule has 0 heterocycles. The Hall–Kier alpha value is -0.230. The number of esters is 1. The predicted octanol–water partition coefficient (Wildman–Crippen LogP) is 2.53. The summed E-state index contributed by atoms with van der Waals surface area (Å²) in [7, 11) is -8.17. The lowest BCUT2D eigenvalue weighted by Crippen LogP contribution is -2.42. The van der Waals surface area contributed by atoms with Crippen molar-refractivity contribution in [3.8, 4) is 0 Å². The number of phosphoric acid groups is 1. The maximum absolute atomic E-state index is 11.7. The van der Waals surface area contributed by atoms with E-state index in [0.29, 0.717) is 0 Å². The SMILES string of the molecule is COC(=O)C(C)C(C)(C)C(C)(C)CCP(=O)(O)OP(=O)(O)O. The predicted molar refractivity (Wildman–Crippen MR) is 81.2 cm³/mol. The molecule has 0 aromatic rings. The molecule has 132 valence electrons. The summed E-state index contributed by atoms with van der Waals surface area (Å²) in [5, 5.41) is 0. The van der Waals surface area contributed by atoms with Gasteiger partial charge in [-0.05, 0) is 17.3 Å². The van der Waals surface area contributed by atoms with Gasteiger partial charge in [0.2, 0.25) is 0 Å². The van der Waals surface area contributed by atoms with Gasteiger partial charge in [-0.15, -0.1) is 0 Å². The van der Waals surface area contributed by atoms with Crippen molar-refractivity contribution in [3.63, 3.8) is 0 Å². The third-order valence-corrected chi connectivity index (χ3v) is 7.30. The van der Waals surface area contributed by atoms with Crippen LogP contribution >= 0.6 is 15.4 Å². The van der Waals surface area contributed by atoms with Gasteiger partial charge in [0.25, 0.3) is 0 Å². The molecule has 0 fully saturated rings. The minimum Gasteiger partial charge on any atom is -0.469 e. The number of hydrogen-bond donors (Lipinski definition) is 3. The number of ether oxygens (including phenoxy) is 1. The van der Waals surface area contributed by atoms with Crippen LogP contribution in [0.1, 0.15) is 41.0 Å². The van der Waals surface area contributed by atoms with Crippen molar-refractivity contribution in [2.45, 2.75) is 41.0 Å². The Bertz CT molecular complexity index is 493. The smallest absolute Gasteiger partial charge is 0.469 e. The van der Waals surface area contributed by atoms with E-state index in [1.54, 1.807) is 6.92 Å². The van der Waals surface area contributed by atoms with Crippen molar-refractivity contribution < 1.29 is 37.7 Å². The van der Waals surface area contributed by atoms with Crippen LogP contribution in [0.5, 0.6) is 0 Å². The molecular formula is C12H26O8P2. The second-order valence-corrected chi connectivity index (χ2v) is 9.89. The standard InChI is InChI=1S/C12H26O8P2/c1-9(10(13)19-6)12(4,5)11(2,3)7-8-21(14,15)20-22(16,17)18/h9H,7-8H2,1-6H3,(H,14,15)(H2,16,17,18). The van der Waals surface area contributed by atoms with E-state index in [0.717, 1.165) is 0 Å². The van der Waals surface area contributed by atoms with E-state index in [2.05, 4.69) is 4.31 Å². The zero-order chi connectivity index (χ0) is 18.0. The number of methoxy groups -OCH3 is 1. The molecule has 10 heteroatoms. The van der Waals surface area contributed by atoms with Crippen LogP contribution in [0.2, 0.25) is 0 Å². The first-order chi connectivity index (χ1) is 9.56. The Kier molecular flexibility index (Phi) is 7.04. The van der Waals surface area contributed by atoms with Gasteiger partial charge in [-0.1, -0.05) is 34.6 Å². The van der Waals surface area contributed by atoms with Crippen LogP contribution < -0.4 is 0 Å². The molecule has 0 aromatic carbocycles. The van der Waals surface area contributed by atoms with E-state index >= 15 is 0 Å². The van der Waals surface area contributed by atoms with E-state index in [1.165, 1.54) is 7.11 Å². The van der Waals surface area contributed by atoms with Gasteiger partial charge in [0, 0.05) is 0 Å². The van der Waals surface area contributed by atoms with Gasteiger partial charge in [0.1, 0.15) is 0 Å². The first kappa shape index (κ1) is 21.8. The van der Waals surface area contributed by atoms with Crippen LogP contribution in [-0.2, 0) is 23.0 Å². The zero-order valence-electron chi connectivity index (χ0n) is 13.8. The van der Waals surface area contributed by atoms with Gasteiger partial charge in [-0.25, -0.2) is 8.88 Å². The maximum atomic E-state index is 11.7. The Labute approximate surface area is 131 Å². The monoisotopic (exact) mass is 360 g/mol. The average molecular weight is 360 g/mol. The third kappa shape index (κ3) is 6.11. The summed E-state index contributed by atoms with van der Waals surface area (Å²) in [4.78, 5) is 38.5. The van der Waals surface area contributed by atoms with E-state index < -0.39 is 44.3 Å². The zero-order valence-corrected chi connectivity index (χ0v) is 15.6. The molecule has 0 rings (SSSR count). The second kappa shape index (κ2) is 7.12. The number of carbonyl (C=O) groups excluding carboxylic acids is 1. The maximum Gasteiger partial charge on any atom is 0.476 e. The lowest BCUT2D eigenvalue weighted by Gasteiger charge is -2.45. The van der Waals surface area contributed by atoms with E-state index in [4.69, 9.17) is 14.5 Å². The van der Waals surface area contributed by atoms with Crippen molar-refractivity contribution in [3.05, 3.63) is 0 Å². The van der Waals surface area contributed by atoms with Crippen LogP contribution in [-0.4, -0.2) is 33.9 Å². The number of rotatable bonds is 8. The van der Waals surface area contributed by atoms with Crippen molar-refractivity contribution >= 4 is 21.4 Å². The fraction of sp³-hybridized carbons (Fsp3) is 0.917. The molecule has 0 saturated heterocycles. The Balaban J connectivity index is 5.07. The average Bonchev–Trinajstić information content (AvgIpc) is 2.31. The molecule has 0 amide bonds. The minimum absolute atomic E-state index is 0.134. The van der Waals surface area contributed by atoms with E-state index in [1.807, 2.05) is 27.7 Å². The molecular weight excluding hydrogens is 334 g/mol. The summed E-state index contributed by atoms with van der Waals surface area (Å²) < 4.78 is 31.1. The number of hydrogen-bond acceptors (Lipinski definition) is 5. The van der Waals surface area contributed by atoms with Crippen LogP contribution in [0.3, 0.4) is 0 Å². The molecule has 8 nitrogen and oxygen atoms in total. The highest BCUT2D eigenvalue weighted by Crippen LogP contribution is 2.59. The van der Waals surface area contributed by atoms with Crippen LogP contribution in [0.15, 0.2) is 0 Å². The van der Waals surface area contributed by atoms with Gasteiger partial charge >= 0.3 is 21.4 Å². The molecule has 2 atom stereocenters. The van der Waals surface area contributed by atoms with Gasteiger partial charge in [0.15, 0.2) is 0 Å². The highest BCUT2D eigenvalue weighted by atomic mass is 31.3. The third-order valence-electron chi connectivity index (χ3n) is 4.63. The van der Waals surface area contributed by atoms with Gasteiger partial charge < -0.3 is 19.4 Å². The molecule has 0 aliphatic heterocycles. The van der Waals surface area contributed by atoms with Crippen molar-refractivity contribution in [1.29, 1.82) is 0 Å². The quantitative estimate of drug-likeness (QED) is 0.445. The summed E-state index contributed by atoms with van der Waals surface area (Å²) in [5.41, 5.74) is -1.17. The van der Waals surface area contributed by atoms with Crippen LogP contribution in [0.25, 0.3) is 0 Å². The molecule has 0 aliphatic carbocycles. The summed E-state index contributed by atoms with van der Waals surface area (Å²) in [6, 6.07) is 0. The lowest BCUT2D eigenvalue weighted by atomic mass is 9.60. The Morgan fingerprint density at radius 2 is 1.59 bits per heavy atom. The highest BCUT2D eigenvalue weighted by molar-refractivity contribution is 7.63. The summed E-state index contributed by atoms with van der Waals surface area (Å²) >= 11 is 0. The molecule has 0 spiro atoms. The van der Waals surface area contributed by atoms with Gasteiger partial charge in [0.05, 0.1) is 19.2 Å². The molecule has 0 aromatic heterocycles. The largest absolute Gasteiger partial charge is 0.476 e. The Morgan fingerprint density at radius 1 is 1.14 bits per heavy atom. The fourth-order valence-corrected chi connectivity index (χ4v) is 4.51. The minimum atomic E-state index is -5.04. The summed E-state index contributed by atoms with van der Waals surface area (Å²) in [6.07, 6.45) is -0.294. The van der Waals surface area contributed by atoms with Crippen molar-refractivity contribution in [1.82, 2.24) is 0 Å². The first-order valence-corrected chi connectivity index (χ1v) is 10.0. The second-order valence-electron chi connectivity index (χ2n) is 6.53. The van der Waals surface area contributed by atoms with Crippen molar-refractivity contribution in [2.75, 3.05) is 13.3 Å². The molecule has 0 bridgehead atoms. The molecule has 0 radical (unpaired) electrons. The Morgan fingerprint density at radius 3 is 1.95 bits per heavy atom. The topological polar surface area (TPSA) is 130 Å². The van der Waals surface area contributed by atoms with E-state index in [-0.39, 0.29) is 6.42 Å². The molecule has 22 heavy (non-hydrogen) atoms. The van der Waals surface area contributed by atoms with Gasteiger partial charge in [-0.2, -0.15) is 0 Å².